The van der Waals surface area contributed by atoms with E-state index in [4.69, 9.17) is 0 Å². The van der Waals surface area contributed by atoms with Crippen molar-refractivity contribution in [1.82, 2.24) is 9.97 Å². The van der Waals surface area contributed by atoms with Crippen LogP contribution in [0.25, 0.3) is 12.2 Å². The Morgan fingerprint density at radius 1 is 0.477 bits per heavy atom. The number of rotatable bonds is 24. The van der Waals surface area contributed by atoms with E-state index in [-0.39, 0.29) is 11.1 Å². The number of aromatic amines is 2. The Balaban J connectivity index is 1.42. The normalized spacial score (nSPS) is 12.5. The third-order valence-electron chi connectivity index (χ3n) is 8.48. The van der Waals surface area contributed by atoms with E-state index in [2.05, 4.69) is 48.1 Å². The third-order valence-corrected chi connectivity index (χ3v) is 10.7. The van der Waals surface area contributed by atoms with Crippen molar-refractivity contribution in [2.24, 2.45) is 0 Å². The van der Waals surface area contributed by atoms with E-state index in [1.807, 2.05) is 0 Å². The fourth-order valence-electron chi connectivity index (χ4n) is 5.77. The maximum absolute atomic E-state index is 12.8. The minimum Gasteiger partial charge on any atom is -0.316 e. The highest BCUT2D eigenvalue weighted by Crippen LogP contribution is 2.21. The summed E-state index contributed by atoms with van der Waals surface area (Å²) in [5.74, 6) is 0. The number of nitrogens with one attached hydrogen (secondary N) is 2. The molecule has 0 saturated heterocycles. The zero-order chi connectivity index (χ0) is 31.2. The average Bonchev–Trinajstić information content (AvgIpc) is 3.66. The van der Waals surface area contributed by atoms with E-state index in [1.54, 1.807) is 34.8 Å². The topological polar surface area (TPSA) is 65.7 Å². The van der Waals surface area contributed by atoms with Gasteiger partial charge in [0.1, 0.15) is 10.7 Å². The van der Waals surface area contributed by atoms with E-state index in [0.717, 1.165) is 22.6 Å². The van der Waals surface area contributed by atoms with Crippen LogP contribution in [0.2, 0.25) is 0 Å². The number of hydrogen-bond acceptors (Lipinski definition) is 4. The van der Waals surface area contributed by atoms with E-state index in [0.29, 0.717) is 10.7 Å². The summed E-state index contributed by atoms with van der Waals surface area (Å²) in [5.41, 5.74) is -0.523. The van der Waals surface area contributed by atoms with Crippen LogP contribution in [0.4, 0.5) is 0 Å². The van der Waals surface area contributed by atoms with Crippen LogP contribution in [0.5, 0.6) is 0 Å². The highest BCUT2D eigenvalue weighted by Gasteiger charge is 2.03. The minimum atomic E-state index is -0.261. The van der Waals surface area contributed by atoms with Gasteiger partial charge in [-0.1, -0.05) is 129 Å². The van der Waals surface area contributed by atoms with Crippen molar-refractivity contribution >= 4 is 34.8 Å². The maximum Gasteiger partial charge on any atom is 0.272 e. The van der Waals surface area contributed by atoms with E-state index in [1.165, 1.54) is 138 Å². The summed E-state index contributed by atoms with van der Waals surface area (Å²) in [4.78, 5) is 35.9. The Kier molecular flexibility index (Phi) is 18.4. The molecule has 0 aromatic carbocycles. The molecular formula is C38H58N2O2S2. The van der Waals surface area contributed by atoms with Gasteiger partial charge in [0, 0.05) is 19.5 Å². The Hall–Kier alpha value is -2.18. The van der Waals surface area contributed by atoms with Gasteiger partial charge in [-0.15, -0.1) is 22.7 Å². The molecule has 0 unspecified atom stereocenters. The van der Waals surface area contributed by atoms with Crippen LogP contribution < -0.4 is 21.8 Å². The second-order valence-corrected chi connectivity index (χ2v) is 14.9. The van der Waals surface area contributed by atoms with Crippen LogP contribution in [0.1, 0.15) is 162 Å². The number of aromatic nitrogens is 2. The van der Waals surface area contributed by atoms with Crippen molar-refractivity contribution in [1.29, 1.82) is 0 Å². The van der Waals surface area contributed by atoms with E-state index >= 15 is 0 Å². The van der Waals surface area contributed by atoms with Gasteiger partial charge < -0.3 is 9.97 Å². The number of H-pyrrole nitrogens is 2. The second-order valence-electron chi connectivity index (χ2n) is 12.5. The van der Waals surface area contributed by atoms with Gasteiger partial charge in [0.25, 0.3) is 11.1 Å². The van der Waals surface area contributed by atoms with Gasteiger partial charge in [-0.25, -0.2) is 0 Å². The molecule has 0 spiro atoms. The molecular weight excluding hydrogens is 581 g/mol. The molecule has 3 heterocycles. The molecule has 3 rings (SSSR count). The Morgan fingerprint density at radius 2 is 0.795 bits per heavy atom. The molecule has 44 heavy (non-hydrogen) atoms. The molecule has 0 radical (unpaired) electrons. The van der Waals surface area contributed by atoms with E-state index in [9.17, 15) is 9.59 Å². The van der Waals surface area contributed by atoms with Crippen molar-refractivity contribution < 1.29 is 0 Å². The lowest BCUT2D eigenvalue weighted by molar-refractivity contribution is 0.557. The molecule has 0 amide bonds. The predicted octanol–water partition coefficient (Wildman–Crippen LogP) is 9.77. The Morgan fingerprint density at radius 3 is 1.14 bits per heavy atom. The van der Waals surface area contributed by atoms with Crippen molar-refractivity contribution in [2.75, 3.05) is 0 Å². The SMILES string of the molecule is CCCCCCCCCCCCc1ccc(/C=c2\[nH]c(=O)/c(=C/c3ccc(CCCCCCCCCCCC)s3)[nH]c2=O)s1. The van der Waals surface area contributed by atoms with Crippen molar-refractivity contribution in [3.63, 3.8) is 0 Å². The second kappa shape index (κ2) is 22.3. The van der Waals surface area contributed by atoms with Gasteiger partial charge in [-0.3, -0.25) is 9.59 Å². The predicted molar refractivity (Wildman–Crippen MR) is 194 cm³/mol. The quantitative estimate of drug-likeness (QED) is 0.0960. The third kappa shape index (κ3) is 14.7. The first kappa shape index (κ1) is 36.3. The Labute approximate surface area is 274 Å². The first-order chi connectivity index (χ1) is 21.6. The first-order valence-electron chi connectivity index (χ1n) is 17.8. The molecule has 4 nitrogen and oxygen atoms in total. The van der Waals surface area contributed by atoms with Crippen LogP contribution in [-0.4, -0.2) is 9.97 Å². The van der Waals surface area contributed by atoms with Gasteiger partial charge in [0.15, 0.2) is 0 Å². The smallest absolute Gasteiger partial charge is 0.272 e. The molecule has 0 aliphatic carbocycles. The largest absolute Gasteiger partial charge is 0.316 e. The molecule has 0 atom stereocenters. The number of aryl methyl sites for hydroxylation is 2. The molecule has 3 aromatic rings. The summed E-state index contributed by atoms with van der Waals surface area (Å²) in [6.45, 7) is 4.54. The number of hydrogen-bond donors (Lipinski definition) is 2. The van der Waals surface area contributed by atoms with Crippen molar-refractivity contribution in [3.8, 4) is 0 Å². The van der Waals surface area contributed by atoms with Gasteiger partial charge >= 0.3 is 0 Å². The number of thiophene rings is 2. The zero-order valence-electron chi connectivity index (χ0n) is 27.7. The molecule has 6 heteroatoms. The summed E-state index contributed by atoms with van der Waals surface area (Å²) in [5, 5.41) is 0.625. The maximum atomic E-state index is 12.8. The summed E-state index contributed by atoms with van der Waals surface area (Å²) < 4.78 is 0. The molecule has 0 fully saturated rings. The molecule has 0 bridgehead atoms. The molecule has 0 saturated carbocycles. The van der Waals surface area contributed by atoms with Gasteiger partial charge in [-0.2, -0.15) is 0 Å². The lowest BCUT2D eigenvalue weighted by Gasteiger charge is -2.01. The summed E-state index contributed by atoms with van der Waals surface area (Å²) >= 11 is 3.42. The average molecular weight is 639 g/mol. The lowest BCUT2D eigenvalue weighted by Crippen LogP contribution is -2.46. The fourth-order valence-corrected chi connectivity index (χ4v) is 7.76. The van der Waals surface area contributed by atoms with Crippen LogP contribution in [0.3, 0.4) is 0 Å². The number of unbranched alkanes of at least 4 members (excludes halogenated alkanes) is 18. The fraction of sp³-hybridized carbons (Fsp3) is 0.632. The van der Waals surface area contributed by atoms with Crippen molar-refractivity contribution in [3.05, 3.63) is 75.2 Å². The van der Waals surface area contributed by atoms with Crippen molar-refractivity contribution in [2.45, 2.75) is 155 Å². The van der Waals surface area contributed by atoms with Gasteiger partial charge in [-0.05, 0) is 62.1 Å². The monoisotopic (exact) mass is 638 g/mol. The zero-order valence-corrected chi connectivity index (χ0v) is 29.3. The van der Waals surface area contributed by atoms with Crippen LogP contribution in [0, 0.1) is 0 Å². The highest BCUT2D eigenvalue weighted by atomic mass is 32.1. The summed E-state index contributed by atoms with van der Waals surface area (Å²) in [6.07, 6.45) is 32.6. The standard InChI is InChI=1S/C38H58N2O2S2/c1-3-5-7-9-11-13-15-17-19-21-23-31-25-27-33(43-31)29-35-37(41)40-36(38(42)39-35)30-34-28-26-32(44-34)24-22-20-18-16-14-12-10-8-6-4-2/h25-30H,3-24H2,1-2H3,(H,39,42)(H,40,41)/b35-29-,36-30-. The van der Waals surface area contributed by atoms with E-state index < -0.39 is 0 Å². The van der Waals surface area contributed by atoms with Gasteiger partial charge in [0.2, 0.25) is 0 Å². The van der Waals surface area contributed by atoms with Gasteiger partial charge in [0.05, 0.1) is 0 Å². The highest BCUT2D eigenvalue weighted by molar-refractivity contribution is 7.13. The molecule has 0 aliphatic rings. The summed E-state index contributed by atoms with van der Waals surface area (Å²) in [6, 6.07) is 8.41. The molecule has 244 valence electrons. The molecule has 2 N–H and O–H groups in total. The minimum absolute atomic E-state index is 0.261. The summed E-state index contributed by atoms with van der Waals surface area (Å²) in [7, 11) is 0. The Bertz CT molecular complexity index is 1300. The molecule has 0 aliphatic heterocycles. The molecule has 3 aromatic heterocycles. The van der Waals surface area contributed by atoms with Crippen LogP contribution in [0.15, 0.2) is 33.9 Å². The lowest BCUT2D eigenvalue weighted by atomic mass is 10.1. The van der Waals surface area contributed by atoms with Crippen LogP contribution in [-0.2, 0) is 12.8 Å². The first-order valence-corrected chi connectivity index (χ1v) is 19.5. The van der Waals surface area contributed by atoms with Crippen LogP contribution >= 0.6 is 22.7 Å².